The molecule has 1 N–H and O–H groups in total. The number of oxazole rings is 1. The summed E-state index contributed by atoms with van der Waals surface area (Å²) in [7, 11) is -4.15. The molecule has 0 aliphatic rings. The van der Waals surface area contributed by atoms with E-state index in [1.54, 1.807) is 64.1 Å². The fourth-order valence-electron chi connectivity index (χ4n) is 3.97. The maximum absolute atomic E-state index is 13.5. The van der Waals surface area contributed by atoms with Gasteiger partial charge in [0, 0.05) is 29.3 Å². The van der Waals surface area contributed by atoms with Crippen molar-refractivity contribution in [1.29, 1.82) is 0 Å². The van der Waals surface area contributed by atoms with Crippen LogP contribution in [-0.2, 0) is 16.6 Å². The summed E-state index contributed by atoms with van der Waals surface area (Å²) in [5.74, 6) is 0.288. The van der Waals surface area contributed by atoms with Crippen LogP contribution >= 0.6 is 0 Å². The van der Waals surface area contributed by atoms with Crippen molar-refractivity contribution in [3.05, 3.63) is 71.7 Å². The highest BCUT2D eigenvalue weighted by molar-refractivity contribution is 7.92. The number of benzene rings is 2. The molecule has 0 saturated heterocycles. The molecule has 0 saturated carbocycles. The Morgan fingerprint density at radius 2 is 1.82 bits per heavy atom. The zero-order chi connectivity index (χ0) is 27.7. The van der Waals surface area contributed by atoms with Crippen molar-refractivity contribution in [2.24, 2.45) is 0 Å². The lowest BCUT2D eigenvalue weighted by atomic mass is 9.96. The first kappa shape index (κ1) is 27.4. The van der Waals surface area contributed by atoms with Crippen LogP contribution in [0.15, 0.2) is 68.8 Å². The average Bonchev–Trinajstić information content (AvgIpc) is 3.49. The minimum atomic E-state index is -4.41. The van der Waals surface area contributed by atoms with Crippen LogP contribution in [-0.4, -0.2) is 42.2 Å². The summed E-state index contributed by atoms with van der Waals surface area (Å²) >= 11 is 0. The molecule has 2 aromatic carbocycles. The van der Waals surface area contributed by atoms with Crippen LogP contribution in [0.1, 0.15) is 30.7 Å². The predicted molar refractivity (Wildman–Crippen MR) is 136 cm³/mol. The van der Waals surface area contributed by atoms with Crippen LogP contribution in [0.4, 0.5) is 19.1 Å². The lowest BCUT2D eigenvalue weighted by molar-refractivity contribution is -0.150. The molecule has 2 aromatic heterocycles. The van der Waals surface area contributed by atoms with E-state index in [-0.39, 0.29) is 17.3 Å². The molecule has 12 heteroatoms. The van der Waals surface area contributed by atoms with Gasteiger partial charge < -0.3 is 8.94 Å². The molecule has 0 bridgehead atoms. The van der Waals surface area contributed by atoms with Gasteiger partial charge in [-0.3, -0.25) is 4.90 Å². The molecule has 0 atom stereocenters. The van der Waals surface area contributed by atoms with E-state index in [1.807, 2.05) is 0 Å². The van der Waals surface area contributed by atoms with Crippen LogP contribution in [0.25, 0.3) is 22.6 Å². The summed E-state index contributed by atoms with van der Waals surface area (Å²) in [6, 6.07) is 10.9. The van der Waals surface area contributed by atoms with Crippen LogP contribution in [0.5, 0.6) is 0 Å². The molecule has 0 aliphatic carbocycles. The second-order valence-electron chi connectivity index (χ2n) is 9.15. The number of nitrogens with one attached hydrogen (secondary N) is 1. The van der Waals surface area contributed by atoms with E-state index in [0.29, 0.717) is 39.4 Å². The molecular formula is C26H27F3N4O4S. The molecule has 38 heavy (non-hydrogen) atoms. The van der Waals surface area contributed by atoms with Gasteiger partial charge in [-0.1, -0.05) is 29.4 Å². The first-order chi connectivity index (χ1) is 17.9. The van der Waals surface area contributed by atoms with Crippen molar-refractivity contribution >= 4 is 15.9 Å². The Morgan fingerprint density at radius 1 is 1.08 bits per heavy atom. The number of hydrogen-bond donors (Lipinski definition) is 1. The standard InChI is InChI=1S/C26H27F3N4O4S/c1-16(2)33(15-26(27,28)29)14-20-13-19(25-30-11-12-36-25)9-10-21(20)22-7-5-6-8-23(22)38(34,35)32-24-17(3)18(4)31-37-24/h5-13,16,32H,14-15H2,1-4H3. The van der Waals surface area contributed by atoms with Gasteiger partial charge in [0.05, 0.1) is 23.3 Å². The van der Waals surface area contributed by atoms with Crippen molar-refractivity contribution in [2.75, 3.05) is 11.3 Å². The maximum Gasteiger partial charge on any atom is 0.401 e. The second-order valence-corrected chi connectivity index (χ2v) is 10.8. The van der Waals surface area contributed by atoms with Crippen LogP contribution < -0.4 is 4.72 Å². The Labute approximate surface area is 218 Å². The van der Waals surface area contributed by atoms with Gasteiger partial charge in [0.1, 0.15) is 6.26 Å². The molecule has 4 rings (SSSR count). The largest absolute Gasteiger partial charge is 0.445 e. The minimum Gasteiger partial charge on any atom is -0.445 e. The highest BCUT2D eigenvalue weighted by Gasteiger charge is 2.32. The summed E-state index contributed by atoms with van der Waals surface area (Å²) in [6.45, 7) is 5.49. The zero-order valence-electron chi connectivity index (χ0n) is 21.2. The molecule has 0 unspecified atom stereocenters. The van der Waals surface area contributed by atoms with E-state index in [9.17, 15) is 21.6 Å². The van der Waals surface area contributed by atoms with Gasteiger partial charge in [-0.05, 0) is 57.0 Å². The van der Waals surface area contributed by atoms with Crippen molar-refractivity contribution in [3.63, 3.8) is 0 Å². The van der Waals surface area contributed by atoms with Gasteiger partial charge in [-0.25, -0.2) is 18.1 Å². The Hall–Kier alpha value is -3.64. The Kier molecular flexibility index (Phi) is 7.65. The maximum atomic E-state index is 13.5. The SMILES string of the molecule is Cc1noc(NS(=O)(=O)c2ccccc2-c2ccc(-c3ncco3)cc2CN(CC(F)(F)F)C(C)C)c1C. The lowest BCUT2D eigenvalue weighted by Gasteiger charge is -2.28. The number of rotatable bonds is 9. The van der Waals surface area contributed by atoms with Gasteiger partial charge in [0.2, 0.25) is 11.8 Å². The molecule has 0 radical (unpaired) electrons. The molecule has 0 amide bonds. The smallest absolute Gasteiger partial charge is 0.401 e. The Bertz CT molecular complexity index is 1510. The molecule has 4 aromatic rings. The van der Waals surface area contributed by atoms with E-state index in [1.165, 1.54) is 23.4 Å². The van der Waals surface area contributed by atoms with Crippen molar-refractivity contribution in [2.45, 2.75) is 51.4 Å². The first-order valence-electron chi connectivity index (χ1n) is 11.7. The minimum absolute atomic E-state index is 0.00655. The number of aromatic nitrogens is 2. The van der Waals surface area contributed by atoms with Gasteiger partial charge >= 0.3 is 6.18 Å². The van der Waals surface area contributed by atoms with E-state index < -0.39 is 28.8 Å². The predicted octanol–water partition coefficient (Wildman–Crippen LogP) is 6.19. The van der Waals surface area contributed by atoms with Gasteiger partial charge in [0.25, 0.3) is 10.0 Å². The van der Waals surface area contributed by atoms with Crippen molar-refractivity contribution < 1.29 is 30.5 Å². The third-order valence-corrected chi connectivity index (χ3v) is 7.51. The fraction of sp³-hybridized carbons (Fsp3) is 0.308. The Balaban J connectivity index is 1.83. The topological polar surface area (TPSA) is 101 Å². The number of halogens is 3. The summed E-state index contributed by atoms with van der Waals surface area (Å²) in [6.07, 6.45) is -1.55. The normalized spacial score (nSPS) is 12.4. The highest BCUT2D eigenvalue weighted by atomic mass is 32.2. The molecular weight excluding hydrogens is 521 g/mol. The molecule has 0 spiro atoms. The summed E-state index contributed by atoms with van der Waals surface area (Å²) in [5, 5.41) is 3.79. The molecule has 0 aliphatic heterocycles. The van der Waals surface area contributed by atoms with E-state index in [4.69, 9.17) is 8.94 Å². The molecule has 8 nitrogen and oxygen atoms in total. The quantitative estimate of drug-likeness (QED) is 0.266. The van der Waals surface area contributed by atoms with E-state index in [0.717, 1.165) is 0 Å². The van der Waals surface area contributed by atoms with Crippen LogP contribution in [0.3, 0.4) is 0 Å². The van der Waals surface area contributed by atoms with Crippen LogP contribution in [0.2, 0.25) is 0 Å². The monoisotopic (exact) mass is 548 g/mol. The third-order valence-electron chi connectivity index (χ3n) is 6.12. The number of alkyl halides is 3. The van der Waals surface area contributed by atoms with E-state index >= 15 is 0 Å². The second kappa shape index (κ2) is 10.6. The zero-order valence-corrected chi connectivity index (χ0v) is 22.0. The first-order valence-corrected chi connectivity index (χ1v) is 13.2. The van der Waals surface area contributed by atoms with Crippen molar-refractivity contribution in [3.8, 4) is 22.6 Å². The number of nitrogens with zero attached hydrogens (tertiary/aromatic N) is 3. The summed E-state index contributed by atoms with van der Waals surface area (Å²) in [4.78, 5) is 5.34. The van der Waals surface area contributed by atoms with Gasteiger partial charge in [0.15, 0.2) is 0 Å². The van der Waals surface area contributed by atoms with Gasteiger partial charge in [-0.2, -0.15) is 13.2 Å². The summed E-state index contributed by atoms with van der Waals surface area (Å²) in [5.41, 5.74) is 2.89. The lowest BCUT2D eigenvalue weighted by Crippen LogP contribution is -2.38. The number of aryl methyl sites for hydroxylation is 1. The number of anilines is 1. The highest BCUT2D eigenvalue weighted by Crippen LogP contribution is 2.35. The van der Waals surface area contributed by atoms with E-state index in [2.05, 4.69) is 14.9 Å². The van der Waals surface area contributed by atoms with Crippen molar-refractivity contribution in [1.82, 2.24) is 15.0 Å². The molecule has 0 fully saturated rings. The van der Waals surface area contributed by atoms with Gasteiger partial charge in [-0.15, -0.1) is 0 Å². The number of sulfonamides is 1. The summed E-state index contributed by atoms with van der Waals surface area (Å²) < 4.78 is 80.0. The third kappa shape index (κ3) is 6.08. The molecule has 202 valence electrons. The number of hydrogen-bond acceptors (Lipinski definition) is 7. The Morgan fingerprint density at radius 3 is 2.42 bits per heavy atom. The average molecular weight is 549 g/mol. The fourth-order valence-corrected chi connectivity index (χ4v) is 5.24. The van der Waals surface area contributed by atoms with Crippen LogP contribution in [0, 0.1) is 13.8 Å². The molecule has 2 heterocycles.